The Bertz CT molecular complexity index is 1260. The summed E-state index contributed by atoms with van der Waals surface area (Å²) >= 11 is 6.17. The summed E-state index contributed by atoms with van der Waals surface area (Å²) in [6.45, 7) is 0. The lowest BCUT2D eigenvalue weighted by Gasteiger charge is -2.14. The fourth-order valence-electron chi connectivity index (χ4n) is 3.43. The van der Waals surface area contributed by atoms with Crippen molar-refractivity contribution in [1.82, 2.24) is 9.78 Å². The van der Waals surface area contributed by atoms with Crippen LogP contribution in [0.4, 0.5) is 5.82 Å². The molecule has 3 aromatic carbocycles. The smallest absolute Gasteiger partial charge is 0.257 e. The highest BCUT2D eigenvalue weighted by Crippen LogP contribution is 2.38. The van der Waals surface area contributed by atoms with Crippen LogP contribution in [0.15, 0.2) is 72.8 Å². The van der Waals surface area contributed by atoms with Crippen molar-refractivity contribution in [3.63, 3.8) is 0 Å². The fourth-order valence-corrected chi connectivity index (χ4v) is 3.62. The highest BCUT2D eigenvalue weighted by atomic mass is 35.5. The Morgan fingerprint density at radius 1 is 0.879 bits per heavy atom. The topological polar surface area (TPSA) is 74.6 Å². The Labute approximate surface area is 196 Å². The number of rotatable bonds is 7. The summed E-state index contributed by atoms with van der Waals surface area (Å²) in [5, 5.41) is 8.26. The highest BCUT2D eigenvalue weighted by molar-refractivity contribution is 6.30. The molecule has 1 aromatic heterocycles. The quantitative estimate of drug-likeness (QED) is 0.393. The van der Waals surface area contributed by atoms with E-state index >= 15 is 0 Å². The molecule has 1 amide bonds. The largest absolute Gasteiger partial charge is 0.493 e. The maximum Gasteiger partial charge on any atom is 0.257 e. The van der Waals surface area contributed by atoms with Crippen LogP contribution >= 0.6 is 11.6 Å². The number of carbonyl (C=O) groups is 1. The molecule has 0 saturated heterocycles. The Kier molecular flexibility index (Phi) is 6.51. The Morgan fingerprint density at radius 3 is 2.18 bits per heavy atom. The molecule has 0 radical (unpaired) electrons. The molecule has 0 saturated carbocycles. The standard InChI is InChI=1S/C25H22ClN3O4/c1-31-21-13-17(14-22(32-2)24(21)33-3)25(30)27-23-15-20(16-8-7-9-18(26)12-16)28-29(23)19-10-5-4-6-11-19/h4-15H,1-3H3,(H,27,30). The number of anilines is 1. The minimum atomic E-state index is -0.357. The molecule has 0 aliphatic rings. The average Bonchev–Trinajstić information content (AvgIpc) is 3.27. The summed E-state index contributed by atoms with van der Waals surface area (Å²) < 4.78 is 17.8. The van der Waals surface area contributed by atoms with Gasteiger partial charge in [-0.2, -0.15) is 5.10 Å². The Hall–Kier alpha value is -3.97. The molecule has 8 heteroatoms. The lowest BCUT2D eigenvalue weighted by atomic mass is 10.1. The summed E-state index contributed by atoms with van der Waals surface area (Å²) in [6, 6.07) is 21.9. The van der Waals surface area contributed by atoms with Gasteiger partial charge in [0.25, 0.3) is 5.91 Å². The van der Waals surface area contributed by atoms with Crippen molar-refractivity contribution >= 4 is 23.3 Å². The van der Waals surface area contributed by atoms with Gasteiger partial charge < -0.3 is 19.5 Å². The van der Waals surface area contributed by atoms with Crippen molar-refractivity contribution in [3.05, 3.63) is 83.4 Å². The zero-order chi connectivity index (χ0) is 23.4. The third-order valence-corrected chi connectivity index (χ3v) is 5.23. The van der Waals surface area contributed by atoms with Crippen molar-refractivity contribution in [1.29, 1.82) is 0 Å². The van der Waals surface area contributed by atoms with Crippen molar-refractivity contribution in [2.45, 2.75) is 0 Å². The minimum Gasteiger partial charge on any atom is -0.493 e. The van der Waals surface area contributed by atoms with E-state index in [1.54, 1.807) is 28.9 Å². The van der Waals surface area contributed by atoms with Gasteiger partial charge in [-0.1, -0.05) is 41.9 Å². The molecule has 4 aromatic rings. The van der Waals surface area contributed by atoms with Gasteiger partial charge in [-0.15, -0.1) is 0 Å². The molecule has 0 spiro atoms. The molecule has 1 N–H and O–H groups in total. The molecule has 33 heavy (non-hydrogen) atoms. The second kappa shape index (κ2) is 9.67. The summed E-state index contributed by atoms with van der Waals surface area (Å²) in [4.78, 5) is 13.2. The molecule has 0 atom stereocenters. The van der Waals surface area contributed by atoms with Crippen molar-refractivity contribution in [2.24, 2.45) is 0 Å². The molecule has 0 fully saturated rings. The number of para-hydroxylation sites is 1. The van der Waals surface area contributed by atoms with Crippen LogP contribution < -0.4 is 19.5 Å². The van der Waals surface area contributed by atoms with E-state index in [-0.39, 0.29) is 5.91 Å². The van der Waals surface area contributed by atoms with E-state index in [0.717, 1.165) is 11.3 Å². The molecule has 0 unspecified atom stereocenters. The van der Waals surface area contributed by atoms with Gasteiger partial charge in [0.05, 0.1) is 32.7 Å². The van der Waals surface area contributed by atoms with Crippen molar-refractivity contribution in [2.75, 3.05) is 26.6 Å². The number of benzene rings is 3. The van der Waals surface area contributed by atoms with E-state index in [2.05, 4.69) is 5.32 Å². The first-order valence-corrected chi connectivity index (χ1v) is 10.4. The first kappa shape index (κ1) is 22.2. The number of nitrogens with zero attached hydrogens (tertiary/aromatic N) is 2. The molecule has 1 heterocycles. The van der Waals surface area contributed by atoms with Crippen molar-refractivity contribution < 1.29 is 19.0 Å². The van der Waals surface area contributed by atoms with Gasteiger partial charge in [-0.3, -0.25) is 4.79 Å². The number of hydrogen-bond acceptors (Lipinski definition) is 5. The second-order valence-electron chi connectivity index (χ2n) is 7.04. The maximum atomic E-state index is 13.2. The van der Waals surface area contributed by atoms with Gasteiger partial charge in [0, 0.05) is 22.2 Å². The number of ether oxygens (including phenoxy) is 3. The lowest BCUT2D eigenvalue weighted by Crippen LogP contribution is -2.15. The van der Waals surface area contributed by atoms with E-state index in [1.807, 2.05) is 48.5 Å². The van der Waals surface area contributed by atoms with Crippen LogP contribution in [0, 0.1) is 0 Å². The Morgan fingerprint density at radius 2 is 1.58 bits per heavy atom. The van der Waals surface area contributed by atoms with Crippen LogP contribution in [0.2, 0.25) is 5.02 Å². The molecule has 0 aliphatic carbocycles. The minimum absolute atomic E-state index is 0.342. The first-order valence-electron chi connectivity index (χ1n) is 10.1. The van der Waals surface area contributed by atoms with Crippen LogP contribution in [-0.2, 0) is 0 Å². The number of hydrogen-bond donors (Lipinski definition) is 1. The summed E-state index contributed by atoms with van der Waals surface area (Å²) in [7, 11) is 4.51. The van der Waals surface area contributed by atoms with Crippen LogP contribution in [0.5, 0.6) is 17.2 Å². The summed E-state index contributed by atoms with van der Waals surface area (Å²) in [5.74, 6) is 1.32. The monoisotopic (exact) mass is 463 g/mol. The number of aromatic nitrogens is 2. The van der Waals surface area contributed by atoms with Gasteiger partial charge in [-0.25, -0.2) is 4.68 Å². The third-order valence-electron chi connectivity index (χ3n) is 5.00. The van der Waals surface area contributed by atoms with Crippen LogP contribution in [-0.4, -0.2) is 37.0 Å². The average molecular weight is 464 g/mol. The molecule has 0 aliphatic heterocycles. The predicted molar refractivity (Wildman–Crippen MR) is 128 cm³/mol. The molecule has 168 valence electrons. The van der Waals surface area contributed by atoms with E-state index in [0.29, 0.717) is 39.3 Å². The molecular formula is C25H22ClN3O4. The molecule has 4 rings (SSSR count). The predicted octanol–water partition coefficient (Wildman–Crippen LogP) is 5.47. The lowest BCUT2D eigenvalue weighted by molar-refractivity contribution is 0.102. The van der Waals surface area contributed by atoms with E-state index in [9.17, 15) is 4.79 Å². The molecular weight excluding hydrogens is 442 g/mol. The van der Waals surface area contributed by atoms with Gasteiger partial charge in [0.2, 0.25) is 5.75 Å². The zero-order valence-electron chi connectivity index (χ0n) is 18.3. The number of carbonyl (C=O) groups excluding carboxylic acids is 1. The molecule has 0 bridgehead atoms. The highest BCUT2D eigenvalue weighted by Gasteiger charge is 2.19. The number of nitrogens with one attached hydrogen (secondary N) is 1. The van der Waals surface area contributed by atoms with E-state index in [1.165, 1.54) is 21.3 Å². The van der Waals surface area contributed by atoms with Crippen molar-refractivity contribution in [3.8, 4) is 34.2 Å². The van der Waals surface area contributed by atoms with Crippen LogP contribution in [0.1, 0.15) is 10.4 Å². The number of methoxy groups -OCH3 is 3. The van der Waals surface area contributed by atoms with Crippen LogP contribution in [0.3, 0.4) is 0 Å². The fraction of sp³-hybridized carbons (Fsp3) is 0.120. The molecule has 7 nitrogen and oxygen atoms in total. The SMILES string of the molecule is COc1cc(C(=O)Nc2cc(-c3cccc(Cl)c3)nn2-c2ccccc2)cc(OC)c1OC. The van der Waals surface area contributed by atoms with Gasteiger partial charge in [0.1, 0.15) is 5.82 Å². The van der Waals surface area contributed by atoms with E-state index in [4.69, 9.17) is 30.9 Å². The second-order valence-corrected chi connectivity index (χ2v) is 7.48. The van der Waals surface area contributed by atoms with Crippen LogP contribution in [0.25, 0.3) is 16.9 Å². The summed E-state index contributed by atoms with van der Waals surface area (Å²) in [6.07, 6.45) is 0. The first-order chi connectivity index (χ1) is 16.0. The third kappa shape index (κ3) is 4.63. The van der Waals surface area contributed by atoms with Gasteiger partial charge in [-0.05, 0) is 36.4 Å². The zero-order valence-corrected chi connectivity index (χ0v) is 19.1. The van der Waals surface area contributed by atoms with Gasteiger partial charge >= 0.3 is 0 Å². The maximum absolute atomic E-state index is 13.2. The summed E-state index contributed by atoms with van der Waals surface area (Å²) in [5.41, 5.74) is 2.64. The normalized spacial score (nSPS) is 10.5. The van der Waals surface area contributed by atoms with Gasteiger partial charge in [0.15, 0.2) is 11.5 Å². The Balaban J connectivity index is 1.75. The number of amides is 1. The van der Waals surface area contributed by atoms with E-state index < -0.39 is 0 Å². The number of halogens is 1.